The number of phenolic OH excluding ortho intramolecular Hbond substituents is 1. The second-order valence-electron chi connectivity index (χ2n) is 9.43. The summed E-state index contributed by atoms with van der Waals surface area (Å²) in [7, 11) is 1.50. The minimum atomic E-state index is -0.960. The summed E-state index contributed by atoms with van der Waals surface area (Å²) in [4.78, 5) is 27.2. The summed E-state index contributed by atoms with van der Waals surface area (Å²) >= 11 is 2.05. The van der Waals surface area contributed by atoms with Crippen molar-refractivity contribution in [3.05, 3.63) is 38.0 Å². The first-order valence-corrected chi connectivity index (χ1v) is 13.5. The number of likely N-dealkylation sites (tertiary alicyclic amines) is 1. The van der Waals surface area contributed by atoms with Gasteiger partial charge in [-0.25, -0.2) is 0 Å². The van der Waals surface area contributed by atoms with Gasteiger partial charge in [-0.05, 0) is 83.5 Å². The van der Waals surface area contributed by atoms with Crippen molar-refractivity contribution in [1.29, 1.82) is 0 Å². The lowest BCUT2D eigenvalue weighted by molar-refractivity contribution is -0.140. The third-order valence-electron chi connectivity index (χ3n) is 7.30. The van der Waals surface area contributed by atoms with Crippen molar-refractivity contribution in [2.75, 3.05) is 26.9 Å². The van der Waals surface area contributed by atoms with Crippen molar-refractivity contribution in [1.82, 2.24) is 4.90 Å². The van der Waals surface area contributed by atoms with E-state index in [9.17, 15) is 30.0 Å². The Morgan fingerprint density at radius 2 is 1.97 bits per heavy atom. The zero-order valence-electron chi connectivity index (χ0n) is 21.0. The first-order valence-electron chi connectivity index (χ1n) is 12.4. The van der Waals surface area contributed by atoms with Gasteiger partial charge in [-0.3, -0.25) is 14.5 Å². The molecule has 2 amide bonds. The molecule has 1 aliphatic heterocycles. The van der Waals surface area contributed by atoms with Crippen LogP contribution >= 0.6 is 22.6 Å². The molecule has 8 nitrogen and oxygen atoms in total. The minimum absolute atomic E-state index is 0.0929. The highest BCUT2D eigenvalue weighted by atomic mass is 127. The Hall–Kier alpha value is -1.95. The topological polar surface area (TPSA) is 128 Å². The van der Waals surface area contributed by atoms with Crippen LogP contribution in [0.5, 0.6) is 11.5 Å². The third-order valence-corrected chi connectivity index (χ3v) is 8.13. The van der Waals surface area contributed by atoms with E-state index in [1.807, 2.05) is 48.6 Å². The van der Waals surface area contributed by atoms with E-state index in [0.29, 0.717) is 46.3 Å². The number of aromatic hydroxyl groups is 1. The van der Waals surface area contributed by atoms with Gasteiger partial charge in [-0.2, -0.15) is 0 Å². The lowest BCUT2D eigenvalue weighted by Gasteiger charge is -2.36. The predicted octanol–water partition coefficient (Wildman–Crippen LogP) is 3.25. The van der Waals surface area contributed by atoms with Crippen LogP contribution in [0.1, 0.15) is 51.5 Å². The van der Waals surface area contributed by atoms with Gasteiger partial charge in [0.25, 0.3) is 0 Å². The Morgan fingerprint density at radius 3 is 2.56 bits per heavy atom. The number of halogens is 1. The third kappa shape index (κ3) is 5.64. The van der Waals surface area contributed by atoms with Gasteiger partial charge in [0, 0.05) is 12.5 Å². The monoisotopic (exact) mass is 613 g/mol. The first-order chi connectivity index (χ1) is 17.2. The van der Waals surface area contributed by atoms with Gasteiger partial charge in [-0.15, -0.1) is 0 Å². The molecule has 1 heterocycles. The maximum absolute atomic E-state index is 13.1. The van der Waals surface area contributed by atoms with Gasteiger partial charge in [0.2, 0.25) is 11.8 Å². The number of amides is 2. The molecule has 0 radical (unpaired) electrons. The number of phenols is 1. The number of hydrogen-bond donors (Lipinski definition) is 4. The van der Waals surface area contributed by atoms with Crippen LogP contribution in [0, 0.1) is 21.3 Å². The van der Waals surface area contributed by atoms with Gasteiger partial charge in [0.15, 0.2) is 11.5 Å². The number of aliphatic hydroxyl groups excluding tert-OH is 3. The van der Waals surface area contributed by atoms with E-state index in [-0.39, 0.29) is 37.2 Å². The number of allylic oxidation sites excluding steroid dienone is 1. The van der Waals surface area contributed by atoms with Gasteiger partial charge in [0.05, 0.1) is 41.8 Å². The highest BCUT2D eigenvalue weighted by Gasteiger charge is 2.54. The molecule has 1 saturated heterocycles. The number of nitrogens with zero attached hydrogens (tertiary/aromatic N) is 1. The molecule has 0 spiro atoms. The van der Waals surface area contributed by atoms with Gasteiger partial charge >= 0.3 is 0 Å². The number of methoxy groups -OCH3 is 1. The summed E-state index contributed by atoms with van der Waals surface area (Å²) in [6.45, 7) is 3.54. The maximum atomic E-state index is 13.1. The van der Waals surface area contributed by atoms with E-state index in [0.717, 1.165) is 17.6 Å². The molecular weight excluding hydrogens is 577 g/mol. The number of rotatable bonds is 11. The highest BCUT2D eigenvalue weighted by molar-refractivity contribution is 14.1. The second kappa shape index (κ2) is 12.5. The Labute approximate surface area is 225 Å². The summed E-state index contributed by atoms with van der Waals surface area (Å²) < 4.78 is 5.92. The number of fused-ring (bicyclic) bond motifs is 1. The molecule has 0 bridgehead atoms. The van der Waals surface area contributed by atoms with Crippen LogP contribution in [-0.2, 0) is 9.59 Å². The van der Waals surface area contributed by atoms with Crippen LogP contribution in [0.3, 0.4) is 0 Å². The van der Waals surface area contributed by atoms with Gasteiger partial charge in [-0.1, -0.05) is 25.5 Å². The number of carbonyl (C=O) groups is 2. The van der Waals surface area contributed by atoms with Gasteiger partial charge in [0.1, 0.15) is 0 Å². The number of aliphatic hydroxyl groups is 3. The highest BCUT2D eigenvalue weighted by Crippen LogP contribution is 2.46. The first kappa shape index (κ1) is 28.6. The summed E-state index contributed by atoms with van der Waals surface area (Å²) in [5.41, 5.74) is 2.98. The largest absolute Gasteiger partial charge is 0.504 e. The van der Waals surface area contributed by atoms with E-state index < -0.39 is 23.9 Å². The number of hydrogen-bond acceptors (Lipinski definition) is 7. The number of benzene rings is 1. The zero-order valence-corrected chi connectivity index (χ0v) is 23.2. The molecular formula is C27H36INO7. The molecule has 1 aromatic rings. The summed E-state index contributed by atoms with van der Waals surface area (Å²) in [5, 5.41) is 41.6. The quantitative estimate of drug-likeness (QED) is 0.172. The van der Waals surface area contributed by atoms with E-state index in [2.05, 4.69) is 0 Å². The molecule has 0 saturated carbocycles. The van der Waals surface area contributed by atoms with E-state index in [1.165, 1.54) is 12.0 Å². The molecule has 1 aromatic carbocycles. The molecule has 4 N–H and O–H groups in total. The van der Waals surface area contributed by atoms with E-state index in [4.69, 9.17) is 4.74 Å². The minimum Gasteiger partial charge on any atom is -0.504 e. The Balaban J connectivity index is 1.83. The molecule has 2 aliphatic rings. The van der Waals surface area contributed by atoms with Crippen molar-refractivity contribution >= 4 is 40.5 Å². The van der Waals surface area contributed by atoms with Crippen LogP contribution in [0.4, 0.5) is 0 Å². The Kier molecular flexibility index (Phi) is 9.96. The predicted molar refractivity (Wildman–Crippen MR) is 144 cm³/mol. The average Bonchev–Trinajstić information content (AvgIpc) is 3.11. The molecule has 0 aromatic heterocycles. The number of carbonyl (C=O) groups excluding carboxylic acids is 2. The van der Waals surface area contributed by atoms with Crippen LogP contribution in [0.15, 0.2) is 28.9 Å². The van der Waals surface area contributed by atoms with Crippen LogP contribution in [0.25, 0.3) is 6.08 Å². The molecule has 1 aliphatic carbocycles. The van der Waals surface area contributed by atoms with Crippen molar-refractivity contribution in [2.24, 2.45) is 17.8 Å². The van der Waals surface area contributed by atoms with Crippen LogP contribution < -0.4 is 4.74 Å². The smallest absolute Gasteiger partial charge is 0.233 e. The van der Waals surface area contributed by atoms with Crippen molar-refractivity contribution < 1.29 is 34.8 Å². The lowest BCUT2D eigenvalue weighted by Crippen LogP contribution is -2.39. The molecule has 36 heavy (non-hydrogen) atoms. The van der Waals surface area contributed by atoms with Crippen molar-refractivity contribution in [3.63, 3.8) is 0 Å². The van der Waals surface area contributed by atoms with Crippen molar-refractivity contribution in [3.8, 4) is 11.5 Å². The maximum Gasteiger partial charge on any atom is 0.233 e. The zero-order chi connectivity index (χ0) is 26.6. The molecule has 4 atom stereocenters. The molecule has 198 valence electrons. The van der Waals surface area contributed by atoms with E-state index in [1.54, 1.807) is 6.07 Å². The van der Waals surface area contributed by atoms with E-state index >= 15 is 0 Å². The van der Waals surface area contributed by atoms with Crippen LogP contribution in [0.2, 0.25) is 0 Å². The molecule has 9 heteroatoms. The average molecular weight is 613 g/mol. The SMILES string of the molecule is CCCN1C(=O)[C@@H]2[C@@H](CC(CO)=C([C@H](O)CC/C(=C/c3cc(I)c(O)c(OC)c3)CC)[C@@H]2CO)C1=O. The standard InChI is InChI=1S/C27H36INO7/c1-4-8-29-26(34)18-12-17(13-30)23(19(14-31)24(18)27(29)35)21(32)7-6-15(5-2)9-16-10-20(28)25(33)22(11-16)36-3/h9-11,18-19,21,24,30-33H,4-8,12-14H2,1-3H3/b15-9+/t18-,19+,21-,24-/m1/s1. The summed E-state index contributed by atoms with van der Waals surface area (Å²) in [6, 6.07) is 3.61. The summed E-state index contributed by atoms with van der Waals surface area (Å²) in [6.07, 6.45) is 3.55. The van der Waals surface area contributed by atoms with Crippen LogP contribution in [-0.4, -0.2) is 70.1 Å². The number of ether oxygens (including phenoxy) is 1. The lowest BCUT2D eigenvalue weighted by atomic mass is 9.68. The Bertz CT molecular complexity index is 1050. The number of imide groups is 1. The van der Waals surface area contributed by atoms with Crippen molar-refractivity contribution in [2.45, 2.75) is 52.1 Å². The Morgan fingerprint density at radius 1 is 1.25 bits per heavy atom. The normalized spacial score (nSPS) is 23.4. The fourth-order valence-electron chi connectivity index (χ4n) is 5.51. The molecule has 3 rings (SSSR count). The molecule has 1 fully saturated rings. The molecule has 0 unspecified atom stereocenters. The fraction of sp³-hybridized carbons (Fsp3) is 0.556. The van der Waals surface area contributed by atoms with Gasteiger partial charge < -0.3 is 25.2 Å². The second-order valence-corrected chi connectivity index (χ2v) is 10.6. The summed E-state index contributed by atoms with van der Waals surface area (Å²) in [5.74, 6) is -2.07. The fourth-order valence-corrected chi connectivity index (χ4v) is 6.14.